The van der Waals surface area contributed by atoms with E-state index in [2.05, 4.69) is 20.0 Å². The molecule has 0 aliphatic rings. The number of pyridine rings is 2. The first-order chi connectivity index (χ1) is 27.9. The number of carbonyl (C=O) groups is 5. The highest BCUT2D eigenvalue weighted by atomic mass is 19.1. The average molecular weight is 855 g/mol. The van der Waals surface area contributed by atoms with Gasteiger partial charge in [0.25, 0.3) is 0 Å². The molecule has 0 atom stereocenters. The third kappa shape index (κ3) is 20.2. The Morgan fingerprint density at radius 1 is 0.623 bits per heavy atom. The van der Waals surface area contributed by atoms with Gasteiger partial charge in [-0.1, -0.05) is 31.7 Å². The second-order valence-corrected chi connectivity index (χ2v) is 15.5. The molecule has 2 aromatic heterocycles. The predicted octanol–water partition coefficient (Wildman–Crippen LogP) is 10.1. The Kier molecular flexibility index (Phi) is 20.4. The van der Waals surface area contributed by atoms with Crippen molar-refractivity contribution >= 4 is 42.6 Å². The summed E-state index contributed by atoms with van der Waals surface area (Å²) < 4.78 is 56.6. The second kappa shape index (κ2) is 23.8. The summed E-state index contributed by atoms with van der Waals surface area (Å²) in [5.41, 5.74) is -0.549. The number of hydrogen-bond donors (Lipinski definition) is 1. The van der Waals surface area contributed by atoms with Gasteiger partial charge in [-0.15, -0.1) is 0 Å². The molecule has 4 aromatic rings. The van der Waals surface area contributed by atoms with Gasteiger partial charge in [0.1, 0.15) is 39.9 Å². The van der Waals surface area contributed by atoms with Gasteiger partial charge in [-0.3, -0.25) is 14.5 Å². The summed E-state index contributed by atoms with van der Waals surface area (Å²) in [7, 11) is 3.16. The maximum Gasteiger partial charge on any atom is 0.519 e. The Hall–Kier alpha value is -6.65. The van der Waals surface area contributed by atoms with Crippen molar-refractivity contribution in [1.29, 1.82) is 0 Å². The molecule has 0 aliphatic heterocycles. The molecule has 0 saturated carbocycles. The van der Waals surface area contributed by atoms with Crippen molar-refractivity contribution in [2.45, 2.75) is 99.6 Å². The summed E-state index contributed by atoms with van der Waals surface area (Å²) in [6.07, 6.45) is -1.98. The molecule has 0 spiro atoms. The maximum absolute atomic E-state index is 13.9. The van der Waals surface area contributed by atoms with Crippen LogP contribution in [0.2, 0.25) is 0 Å². The van der Waals surface area contributed by atoms with E-state index in [4.69, 9.17) is 23.7 Å². The zero-order valence-corrected chi connectivity index (χ0v) is 35.6. The molecule has 0 radical (unpaired) electrons. The second-order valence-electron chi connectivity index (χ2n) is 15.5. The van der Waals surface area contributed by atoms with Gasteiger partial charge in [0.2, 0.25) is 11.9 Å². The van der Waals surface area contributed by atoms with Crippen LogP contribution in [0.3, 0.4) is 0 Å². The molecule has 0 saturated heterocycles. The Labute approximate surface area is 355 Å². The highest BCUT2D eigenvalue weighted by molar-refractivity contribution is 5.87. The summed E-state index contributed by atoms with van der Waals surface area (Å²) >= 11 is 0. The number of aromatic nitrogens is 2. The summed E-state index contributed by atoms with van der Waals surface area (Å²) in [6.45, 7) is 15.9. The molecule has 2 aromatic carbocycles. The van der Waals surface area contributed by atoms with E-state index in [1.165, 1.54) is 23.1 Å². The van der Waals surface area contributed by atoms with Gasteiger partial charge < -0.3 is 33.7 Å². The number of nitrogens with zero attached hydrogens (tertiary/aromatic N) is 3. The number of carbonyl (C=O) groups excluding carboxylic acids is 5. The van der Waals surface area contributed by atoms with E-state index in [1.807, 2.05) is 24.3 Å². The zero-order chi connectivity index (χ0) is 45.3. The zero-order valence-electron chi connectivity index (χ0n) is 35.6. The number of anilines is 2. The van der Waals surface area contributed by atoms with E-state index in [0.717, 1.165) is 16.9 Å². The van der Waals surface area contributed by atoms with Crippen molar-refractivity contribution in [3.05, 3.63) is 107 Å². The molecule has 0 fully saturated rings. The van der Waals surface area contributed by atoms with E-state index in [1.54, 1.807) is 107 Å². The minimum absolute atomic E-state index is 0. The summed E-state index contributed by atoms with van der Waals surface area (Å²) in [5, 5.41) is 2.98. The number of methoxy groups -OCH3 is 2. The minimum Gasteiger partial charge on any atom is -0.497 e. The Bertz CT molecular complexity index is 2020. The summed E-state index contributed by atoms with van der Waals surface area (Å²) in [6, 6.07) is 20.2. The molecule has 17 heteroatoms. The molecule has 15 nitrogen and oxygen atoms in total. The van der Waals surface area contributed by atoms with Gasteiger partial charge in [0.15, 0.2) is 12.6 Å². The first-order valence-corrected chi connectivity index (χ1v) is 18.3. The summed E-state index contributed by atoms with van der Waals surface area (Å²) in [4.78, 5) is 64.5. The number of nitrogens with one attached hydrogen (secondary N) is 1. The van der Waals surface area contributed by atoms with Gasteiger partial charge >= 0.3 is 18.4 Å². The SMILES string of the molecule is C.CC(C)(C)OC(=O)OC(=O)OC(C)(C)C.COc1ccc(CN(C(=O)OC(C)(C)C)c2ccc(C=O)c(F)n2)cc1.COc1ccc(CNc2ccc(C=O)c(F)n2)cc1. The van der Waals surface area contributed by atoms with E-state index < -0.39 is 47.1 Å². The lowest BCUT2D eigenvalue weighted by Crippen LogP contribution is -2.37. The first kappa shape index (κ1) is 52.4. The van der Waals surface area contributed by atoms with Gasteiger partial charge in [-0.05, 0) is 122 Å². The predicted molar refractivity (Wildman–Crippen MR) is 225 cm³/mol. The molecule has 0 unspecified atom stereocenters. The van der Waals surface area contributed by atoms with Crippen molar-refractivity contribution in [2.24, 2.45) is 0 Å². The average Bonchev–Trinajstić information content (AvgIpc) is 3.15. The van der Waals surface area contributed by atoms with Crippen LogP contribution in [0.15, 0.2) is 72.8 Å². The van der Waals surface area contributed by atoms with Crippen LogP contribution >= 0.6 is 0 Å². The Balaban J connectivity index is 0.000000473. The quantitative estimate of drug-likeness (QED) is 0.0523. The molecule has 1 amide bonds. The van der Waals surface area contributed by atoms with E-state index in [9.17, 15) is 32.8 Å². The van der Waals surface area contributed by atoms with Gasteiger partial charge in [-0.25, -0.2) is 24.4 Å². The van der Waals surface area contributed by atoms with Crippen LogP contribution in [0.25, 0.3) is 0 Å². The largest absolute Gasteiger partial charge is 0.519 e. The fourth-order valence-corrected chi connectivity index (χ4v) is 4.32. The van der Waals surface area contributed by atoms with Crippen molar-refractivity contribution in [1.82, 2.24) is 9.97 Å². The van der Waals surface area contributed by atoms with Gasteiger partial charge in [0.05, 0.1) is 31.9 Å². The molecule has 332 valence electrons. The molecular formula is C44H56F2N4O11. The number of ether oxygens (including phenoxy) is 6. The number of aldehydes is 2. The molecular weight excluding hydrogens is 798 g/mol. The van der Waals surface area contributed by atoms with Crippen LogP contribution in [0.1, 0.15) is 102 Å². The van der Waals surface area contributed by atoms with Crippen LogP contribution in [0.5, 0.6) is 11.5 Å². The third-order valence-corrected chi connectivity index (χ3v) is 6.96. The highest BCUT2D eigenvalue weighted by Crippen LogP contribution is 2.22. The standard InChI is InChI=1S/C19H21FN2O4.C14H13FN2O2.C10H18O5.CH4/c1-19(2,3)26-18(24)22(11-13-5-8-15(25-4)9-6-13)16-10-7-14(12-23)17(20)21-16;1-19-12-5-2-10(3-6-12)8-16-13-7-4-11(9-18)14(15)17-13;1-9(2,3)14-7(11)13-8(12)15-10(4,5)6;/h5-10,12H,11H2,1-4H3;2-7,9H,8H2,1H3,(H,16,17);1-6H3;1H4. The monoisotopic (exact) mass is 854 g/mol. The van der Waals surface area contributed by atoms with E-state index in [-0.39, 0.29) is 30.9 Å². The topological polar surface area (TPSA) is 182 Å². The van der Waals surface area contributed by atoms with Crippen LogP contribution in [-0.2, 0) is 32.0 Å². The van der Waals surface area contributed by atoms with E-state index >= 15 is 0 Å². The van der Waals surface area contributed by atoms with Gasteiger partial charge in [0, 0.05) is 6.54 Å². The van der Waals surface area contributed by atoms with Crippen molar-refractivity contribution < 1.29 is 61.2 Å². The minimum atomic E-state index is -1.06. The fourth-order valence-electron chi connectivity index (χ4n) is 4.32. The van der Waals surface area contributed by atoms with Crippen molar-refractivity contribution in [3.63, 3.8) is 0 Å². The van der Waals surface area contributed by atoms with Crippen LogP contribution in [-0.4, -0.2) is 72.0 Å². The van der Waals surface area contributed by atoms with Crippen LogP contribution in [0.4, 0.5) is 34.8 Å². The number of hydrogen-bond acceptors (Lipinski definition) is 14. The smallest absolute Gasteiger partial charge is 0.497 e. The molecule has 2 heterocycles. The molecule has 1 N–H and O–H groups in total. The van der Waals surface area contributed by atoms with Gasteiger partial charge in [-0.2, -0.15) is 8.78 Å². The summed E-state index contributed by atoms with van der Waals surface area (Å²) in [5.74, 6) is 0.188. The van der Waals surface area contributed by atoms with E-state index in [0.29, 0.717) is 30.7 Å². The number of rotatable bonds is 10. The molecule has 0 aliphatic carbocycles. The Morgan fingerprint density at radius 2 is 1.05 bits per heavy atom. The molecule has 0 bridgehead atoms. The normalized spacial score (nSPS) is 10.7. The fraction of sp³-hybridized carbons (Fsp3) is 0.386. The van der Waals surface area contributed by atoms with Crippen molar-refractivity contribution in [2.75, 3.05) is 24.4 Å². The molecule has 4 rings (SSSR count). The number of halogens is 2. The first-order valence-electron chi connectivity index (χ1n) is 18.3. The Morgan fingerprint density at radius 3 is 1.44 bits per heavy atom. The number of amides is 1. The lowest BCUT2D eigenvalue weighted by molar-refractivity contribution is -0.0294. The maximum atomic E-state index is 13.9. The molecule has 61 heavy (non-hydrogen) atoms. The lowest BCUT2D eigenvalue weighted by atomic mass is 10.2. The van der Waals surface area contributed by atoms with Crippen LogP contribution < -0.4 is 19.7 Å². The lowest BCUT2D eigenvalue weighted by Gasteiger charge is -2.27. The van der Waals surface area contributed by atoms with Crippen molar-refractivity contribution in [3.8, 4) is 11.5 Å². The third-order valence-electron chi connectivity index (χ3n) is 6.96. The highest BCUT2D eigenvalue weighted by Gasteiger charge is 2.26. The number of benzene rings is 2. The van der Waals surface area contributed by atoms with Crippen LogP contribution in [0, 0.1) is 11.9 Å².